The second-order valence-electron chi connectivity index (χ2n) is 3.68. The first kappa shape index (κ1) is 30.7. The smallest absolute Gasteiger partial charge is 0.304 e. The van der Waals surface area contributed by atoms with E-state index in [0.717, 1.165) is 5.75 Å². The molecule has 6 nitrogen and oxygen atoms in total. The summed E-state index contributed by atoms with van der Waals surface area (Å²) in [5, 5.41) is 23.6. The van der Waals surface area contributed by atoms with E-state index in [0.29, 0.717) is 17.3 Å². The average Bonchev–Trinajstić information content (AvgIpc) is 2.41. The second-order valence-corrected chi connectivity index (χ2v) is 5.47. The topological polar surface area (TPSA) is 112 Å². The Balaban J connectivity index is -0.000000105. The minimum absolute atomic E-state index is 0.156. The van der Waals surface area contributed by atoms with Crippen LogP contribution in [0.4, 0.5) is 0 Å². The summed E-state index contributed by atoms with van der Waals surface area (Å²) < 4.78 is 0. The van der Waals surface area contributed by atoms with Gasteiger partial charge >= 0.3 is 17.9 Å². The average molecular weight is 409 g/mol. The number of carboxylic acid groups (broad SMARTS) is 3. The van der Waals surface area contributed by atoms with Gasteiger partial charge in [-0.15, -0.1) is 0 Å². The fourth-order valence-electron chi connectivity index (χ4n) is 0.445. The van der Waals surface area contributed by atoms with Gasteiger partial charge in [-0.05, 0) is 12.2 Å². The molecule has 0 atom stereocenters. The number of carboxylic acids is 3. The maximum atomic E-state index is 9.55. The fraction of sp³-hybridized carbons (Fsp3) is 0.769. The van der Waals surface area contributed by atoms with Crippen molar-refractivity contribution in [1.29, 1.82) is 0 Å². The Labute approximate surface area is 160 Å². The number of rotatable bonds is 8. The van der Waals surface area contributed by atoms with Crippen molar-refractivity contribution in [3.8, 4) is 0 Å². The van der Waals surface area contributed by atoms with Crippen LogP contribution in [0.1, 0.15) is 39.0 Å². The summed E-state index contributed by atoms with van der Waals surface area (Å²) in [5.74, 6) is -0.0451. The highest BCUT2D eigenvalue weighted by atomic mass is 32.1. The zero-order chi connectivity index (χ0) is 19.1. The molecule has 0 heterocycles. The van der Waals surface area contributed by atoms with E-state index in [1.54, 1.807) is 0 Å². The molecule has 0 aromatic rings. The van der Waals surface area contributed by atoms with Gasteiger partial charge in [0.05, 0.1) is 19.3 Å². The molecule has 0 aliphatic carbocycles. The lowest BCUT2D eigenvalue weighted by molar-refractivity contribution is -0.137. The molecule has 0 amide bonds. The predicted molar refractivity (Wildman–Crippen MR) is 107 cm³/mol. The van der Waals surface area contributed by atoms with Crippen molar-refractivity contribution in [3.05, 3.63) is 0 Å². The monoisotopic (exact) mass is 408 g/mol. The summed E-state index contributed by atoms with van der Waals surface area (Å²) in [6.45, 7) is 2.16. The van der Waals surface area contributed by atoms with Crippen LogP contribution in [0, 0.1) is 0 Å². The number of unbranched alkanes of at least 4 members (excludes halogenated alkanes) is 1. The van der Waals surface area contributed by atoms with Gasteiger partial charge in [-0.1, -0.05) is 13.3 Å². The number of thiol groups is 4. The van der Waals surface area contributed by atoms with Gasteiger partial charge in [-0.2, -0.15) is 50.5 Å². The number of hydrogen-bond acceptors (Lipinski definition) is 7. The summed E-state index contributed by atoms with van der Waals surface area (Å²) in [5.41, 5.74) is 0. The molecule has 10 heteroatoms. The normalized spacial score (nSPS) is 8.22. The van der Waals surface area contributed by atoms with Crippen LogP contribution in [0.3, 0.4) is 0 Å². The number of hydrogen-bond donors (Lipinski definition) is 7. The van der Waals surface area contributed by atoms with E-state index in [2.05, 4.69) is 57.4 Å². The van der Waals surface area contributed by atoms with Crippen LogP contribution >= 0.6 is 50.5 Å². The van der Waals surface area contributed by atoms with Crippen LogP contribution < -0.4 is 0 Å². The summed E-state index contributed by atoms with van der Waals surface area (Å²) in [6.07, 6.45) is 2.99. The first-order valence-corrected chi connectivity index (χ1v) is 9.35. The Bertz CT molecular complexity index is 237. The highest BCUT2D eigenvalue weighted by Crippen LogP contribution is 1.86. The quantitative estimate of drug-likeness (QED) is 0.311. The van der Waals surface area contributed by atoms with Crippen LogP contribution in [-0.2, 0) is 14.4 Å². The third-order valence-corrected chi connectivity index (χ3v) is 2.48. The highest BCUT2D eigenvalue weighted by molar-refractivity contribution is 7.80. The largest absolute Gasteiger partial charge is 0.481 e. The minimum atomic E-state index is -0.787. The van der Waals surface area contributed by atoms with Crippen molar-refractivity contribution < 1.29 is 29.7 Å². The lowest BCUT2D eigenvalue weighted by Gasteiger charge is -1.79. The van der Waals surface area contributed by atoms with Crippen molar-refractivity contribution in [1.82, 2.24) is 0 Å². The van der Waals surface area contributed by atoms with Crippen LogP contribution in [0.5, 0.6) is 0 Å². The summed E-state index contributed by atoms with van der Waals surface area (Å²) in [4.78, 5) is 28.7. The van der Waals surface area contributed by atoms with Crippen molar-refractivity contribution in [2.24, 2.45) is 0 Å². The van der Waals surface area contributed by atoms with Gasteiger partial charge in [0.15, 0.2) is 0 Å². The molecule has 0 fully saturated rings. The SMILES string of the molecule is CCCCS.O=C(O)CCS.O=C(O)CCS.O=C(O)CCS. The van der Waals surface area contributed by atoms with Crippen LogP contribution in [0.25, 0.3) is 0 Å². The molecule has 0 rings (SSSR count). The van der Waals surface area contributed by atoms with Gasteiger partial charge in [-0.3, -0.25) is 14.4 Å². The van der Waals surface area contributed by atoms with E-state index in [9.17, 15) is 14.4 Å². The molecule has 0 radical (unpaired) electrons. The Morgan fingerprint density at radius 3 is 0.913 bits per heavy atom. The first-order chi connectivity index (χ1) is 10.7. The van der Waals surface area contributed by atoms with Crippen molar-refractivity contribution >= 4 is 68.4 Å². The van der Waals surface area contributed by atoms with E-state index in [4.69, 9.17) is 15.3 Å². The molecule has 3 N–H and O–H groups in total. The van der Waals surface area contributed by atoms with Crippen molar-refractivity contribution in [3.63, 3.8) is 0 Å². The van der Waals surface area contributed by atoms with Gasteiger partial charge in [-0.25, -0.2) is 0 Å². The van der Waals surface area contributed by atoms with E-state index < -0.39 is 17.9 Å². The van der Waals surface area contributed by atoms with E-state index in [1.807, 2.05) is 0 Å². The third-order valence-electron chi connectivity index (χ3n) is 1.49. The minimum Gasteiger partial charge on any atom is -0.481 e. The zero-order valence-electron chi connectivity index (χ0n) is 13.2. The molecule has 0 saturated carbocycles. The van der Waals surface area contributed by atoms with Crippen LogP contribution in [0.15, 0.2) is 0 Å². The maximum Gasteiger partial charge on any atom is 0.304 e. The van der Waals surface area contributed by atoms with Gasteiger partial charge in [0.1, 0.15) is 0 Å². The molecule has 0 saturated heterocycles. The van der Waals surface area contributed by atoms with E-state index >= 15 is 0 Å². The second kappa shape index (κ2) is 29.8. The zero-order valence-corrected chi connectivity index (χ0v) is 16.8. The molecule has 0 aromatic heterocycles. The van der Waals surface area contributed by atoms with E-state index in [1.165, 1.54) is 12.8 Å². The van der Waals surface area contributed by atoms with Crippen LogP contribution in [0.2, 0.25) is 0 Å². The maximum absolute atomic E-state index is 9.55. The van der Waals surface area contributed by atoms with E-state index in [-0.39, 0.29) is 19.3 Å². The van der Waals surface area contributed by atoms with Crippen molar-refractivity contribution in [2.45, 2.75) is 39.0 Å². The molecule has 23 heavy (non-hydrogen) atoms. The lowest BCUT2D eigenvalue weighted by Crippen LogP contribution is -1.93. The molecular weight excluding hydrogens is 380 g/mol. The predicted octanol–water partition coefficient (Wildman–Crippen LogP) is 2.89. The molecule has 0 bridgehead atoms. The van der Waals surface area contributed by atoms with Crippen molar-refractivity contribution in [2.75, 3.05) is 23.0 Å². The Kier molecular flexibility index (Phi) is 39.7. The Morgan fingerprint density at radius 1 is 0.652 bits per heavy atom. The van der Waals surface area contributed by atoms with Gasteiger partial charge in [0, 0.05) is 17.3 Å². The molecule has 0 aromatic carbocycles. The molecule has 0 unspecified atom stereocenters. The Hall–Kier alpha value is -0.190. The molecular formula is C13H28O6S4. The van der Waals surface area contributed by atoms with Gasteiger partial charge in [0.2, 0.25) is 0 Å². The Morgan fingerprint density at radius 2 is 0.913 bits per heavy atom. The third kappa shape index (κ3) is 73.2. The lowest BCUT2D eigenvalue weighted by atomic mass is 10.4. The fourth-order valence-corrected chi connectivity index (χ4v) is 1.34. The standard InChI is InChI=1S/C4H10S.3C3H6O2S/c1-2-3-4-5;3*4-3(5)1-2-6/h5H,2-4H2,1H3;3*6H,1-2H2,(H,4,5). The summed E-state index contributed by atoms with van der Waals surface area (Å²) in [7, 11) is 0. The molecule has 140 valence electrons. The summed E-state index contributed by atoms with van der Waals surface area (Å²) >= 11 is 15.0. The summed E-state index contributed by atoms with van der Waals surface area (Å²) in [6, 6.07) is 0. The first-order valence-electron chi connectivity index (χ1n) is 6.82. The number of carbonyl (C=O) groups is 3. The van der Waals surface area contributed by atoms with Gasteiger partial charge in [0.25, 0.3) is 0 Å². The number of aliphatic carboxylic acids is 3. The molecule has 0 aliphatic heterocycles. The molecule has 0 spiro atoms. The van der Waals surface area contributed by atoms with Gasteiger partial charge < -0.3 is 15.3 Å². The van der Waals surface area contributed by atoms with Crippen LogP contribution in [-0.4, -0.2) is 56.2 Å². The molecule has 0 aliphatic rings. The highest BCUT2D eigenvalue weighted by Gasteiger charge is 1.89.